The van der Waals surface area contributed by atoms with Gasteiger partial charge in [-0.15, -0.1) is 11.3 Å². The summed E-state index contributed by atoms with van der Waals surface area (Å²) >= 11 is 1.91. The van der Waals surface area contributed by atoms with Crippen molar-refractivity contribution in [3.8, 4) is 0 Å². The Labute approximate surface area is 122 Å². The molecule has 1 aliphatic heterocycles. The van der Waals surface area contributed by atoms with Crippen molar-refractivity contribution in [2.75, 3.05) is 26.2 Å². The van der Waals surface area contributed by atoms with Gasteiger partial charge < -0.3 is 10.2 Å². The summed E-state index contributed by atoms with van der Waals surface area (Å²) in [6.07, 6.45) is 2.59. The van der Waals surface area contributed by atoms with Gasteiger partial charge in [-0.05, 0) is 49.2 Å². The molecule has 2 rings (SSSR count). The van der Waals surface area contributed by atoms with E-state index in [0.717, 1.165) is 18.4 Å². The first kappa shape index (κ1) is 15.0. The summed E-state index contributed by atoms with van der Waals surface area (Å²) in [4.78, 5) is 4.16. The molecular formula is C16H28N2S. The topological polar surface area (TPSA) is 15.3 Å². The molecule has 0 radical (unpaired) electrons. The molecule has 0 amide bonds. The van der Waals surface area contributed by atoms with Crippen molar-refractivity contribution in [3.63, 3.8) is 0 Å². The number of rotatable bonds is 6. The van der Waals surface area contributed by atoms with Crippen LogP contribution in [0.25, 0.3) is 0 Å². The van der Waals surface area contributed by atoms with Gasteiger partial charge in [-0.3, -0.25) is 0 Å². The van der Waals surface area contributed by atoms with Gasteiger partial charge in [0.25, 0.3) is 0 Å². The molecule has 3 heteroatoms. The molecule has 0 spiro atoms. The van der Waals surface area contributed by atoms with Crippen LogP contribution in [0.2, 0.25) is 0 Å². The minimum Gasteiger partial charge on any atom is -0.312 e. The largest absolute Gasteiger partial charge is 0.312 e. The lowest BCUT2D eigenvalue weighted by Crippen LogP contribution is -2.50. The third-order valence-electron chi connectivity index (χ3n) is 3.94. The summed E-state index contributed by atoms with van der Waals surface area (Å²) in [6, 6.07) is 5.14. The van der Waals surface area contributed by atoms with E-state index in [4.69, 9.17) is 0 Å². The van der Waals surface area contributed by atoms with E-state index < -0.39 is 0 Å². The zero-order chi connectivity index (χ0) is 13.7. The van der Waals surface area contributed by atoms with E-state index in [1.165, 1.54) is 32.5 Å². The van der Waals surface area contributed by atoms with Crippen molar-refractivity contribution in [2.24, 2.45) is 11.8 Å². The summed E-state index contributed by atoms with van der Waals surface area (Å²) < 4.78 is 0. The second-order valence-corrected chi connectivity index (χ2v) is 7.27. The smallest absolute Gasteiger partial charge is 0.0198 e. The van der Waals surface area contributed by atoms with Crippen LogP contribution in [-0.4, -0.2) is 37.1 Å². The molecular weight excluding hydrogens is 252 g/mol. The normalized spacial score (nSPS) is 25.1. The van der Waals surface area contributed by atoms with Gasteiger partial charge in [-0.25, -0.2) is 0 Å². The van der Waals surface area contributed by atoms with E-state index in [-0.39, 0.29) is 0 Å². The number of piperidine rings is 1. The van der Waals surface area contributed by atoms with Gasteiger partial charge in [0, 0.05) is 24.0 Å². The van der Waals surface area contributed by atoms with E-state index in [1.54, 1.807) is 4.88 Å². The molecule has 2 nitrogen and oxygen atoms in total. The summed E-state index contributed by atoms with van der Waals surface area (Å²) in [5, 5.41) is 5.96. The van der Waals surface area contributed by atoms with Crippen LogP contribution in [0.5, 0.6) is 0 Å². The van der Waals surface area contributed by atoms with Crippen molar-refractivity contribution in [3.05, 3.63) is 22.4 Å². The Morgan fingerprint density at radius 1 is 1.42 bits per heavy atom. The Hall–Kier alpha value is -0.380. The molecule has 0 saturated carbocycles. The molecule has 0 aliphatic carbocycles. The maximum atomic E-state index is 3.76. The Balaban J connectivity index is 1.88. The van der Waals surface area contributed by atoms with E-state index in [0.29, 0.717) is 6.04 Å². The maximum absolute atomic E-state index is 3.76. The van der Waals surface area contributed by atoms with Crippen molar-refractivity contribution < 1.29 is 0 Å². The quantitative estimate of drug-likeness (QED) is 0.860. The maximum Gasteiger partial charge on any atom is 0.0198 e. The van der Waals surface area contributed by atoms with Crippen molar-refractivity contribution in [2.45, 2.75) is 39.7 Å². The zero-order valence-corrected chi connectivity index (χ0v) is 13.4. The molecule has 19 heavy (non-hydrogen) atoms. The molecule has 2 unspecified atom stereocenters. The van der Waals surface area contributed by atoms with Crippen LogP contribution < -0.4 is 5.32 Å². The first-order valence-corrected chi connectivity index (χ1v) is 8.53. The molecule has 1 aromatic heterocycles. The average molecular weight is 280 g/mol. The first-order valence-electron chi connectivity index (χ1n) is 7.65. The second-order valence-electron chi connectivity index (χ2n) is 6.24. The Bertz CT molecular complexity index is 348. The Morgan fingerprint density at radius 2 is 2.26 bits per heavy atom. The summed E-state index contributed by atoms with van der Waals surface area (Å²) in [5.74, 6) is 1.56. The van der Waals surface area contributed by atoms with Gasteiger partial charge in [0.2, 0.25) is 0 Å². The predicted molar refractivity (Wildman–Crippen MR) is 84.9 cm³/mol. The molecule has 2 atom stereocenters. The zero-order valence-electron chi connectivity index (χ0n) is 12.6. The van der Waals surface area contributed by atoms with E-state index in [9.17, 15) is 0 Å². The number of hydrogen-bond donors (Lipinski definition) is 1. The SMILES string of the molecule is CCN1CC(Cc2cccs2)CC(NCC(C)C)C1. The minimum absolute atomic E-state index is 0.682. The fourth-order valence-electron chi connectivity index (χ4n) is 2.97. The average Bonchev–Trinajstić information content (AvgIpc) is 2.89. The molecule has 1 N–H and O–H groups in total. The number of nitrogens with one attached hydrogen (secondary N) is 1. The number of hydrogen-bond acceptors (Lipinski definition) is 3. The van der Waals surface area contributed by atoms with Gasteiger partial charge in [0.1, 0.15) is 0 Å². The van der Waals surface area contributed by atoms with Crippen LogP contribution >= 0.6 is 11.3 Å². The van der Waals surface area contributed by atoms with Gasteiger partial charge in [0.05, 0.1) is 0 Å². The van der Waals surface area contributed by atoms with Crippen LogP contribution in [0, 0.1) is 11.8 Å². The lowest BCUT2D eigenvalue weighted by atomic mass is 9.90. The fourth-order valence-corrected chi connectivity index (χ4v) is 3.79. The summed E-state index contributed by atoms with van der Waals surface area (Å²) in [7, 11) is 0. The highest BCUT2D eigenvalue weighted by molar-refractivity contribution is 7.09. The first-order chi connectivity index (χ1) is 9.17. The van der Waals surface area contributed by atoms with Crippen molar-refractivity contribution in [1.29, 1.82) is 0 Å². The number of thiophene rings is 1. The lowest BCUT2D eigenvalue weighted by Gasteiger charge is -2.38. The van der Waals surface area contributed by atoms with Crippen LogP contribution in [0.15, 0.2) is 17.5 Å². The molecule has 0 aromatic carbocycles. The number of nitrogens with zero attached hydrogens (tertiary/aromatic N) is 1. The number of likely N-dealkylation sites (N-methyl/N-ethyl adjacent to an activating group) is 1. The van der Waals surface area contributed by atoms with Crippen LogP contribution in [0.3, 0.4) is 0 Å². The molecule has 2 heterocycles. The standard InChI is InChI=1S/C16H28N2S/c1-4-18-11-14(9-16-6-5-7-19-16)8-15(12-18)17-10-13(2)3/h5-7,13-15,17H,4,8-12H2,1-3H3. The van der Waals surface area contributed by atoms with Crippen LogP contribution in [-0.2, 0) is 6.42 Å². The third kappa shape index (κ3) is 4.90. The molecule has 0 bridgehead atoms. The van der Waals surface area contributed by atoms with Crippen molar-refractivity contribution >= 4 is 11.3 Å². The molecule has 1 saturated heterocycles. The Morgan fingerprint density at radius 3 is 2.89 bits per heavy atom. The van der Waals surface area contributed by atoms with Gasteiger partial charge in [-0.2, -0.15) is 0 Å². The summed E-state index contributed by atoms with van der Waals surface area (Å²) in [6.45, 7) is 11.7. The molecule has 1 aromatic rings. The highest BCUT2D eigenvalue weighted by Gasteiger charge is 2.26. The molecule has 1 aliphatic rings. The van der Waals surface area contributed by atoms with Gasteiger partial charge in [-0.1, -0.05) is 26.8 Å². The monoisotopic (exact) mass is 280 g/mol. The van der Waals surface area contributed by atoms with Crippen LogP contribution in [0.1, 0.15) is 32.1 Å². The van der Waals surface area contributed by atoms with E-state index in [2.05, 4.69) is 48.5 Å². The fraction of sp³-hybridized carbons (Fsp3) is 0.750. The van der Waals surface area contributed by atoms with Gasteiger partial charge in [0.15, 0.2) is 0 Å². The minimum atomic E-state index is 0.682. The number of likely N-dealkylation sites (tertiary alicyclic amines) is 1. The Kier molecular flexibility index (Phi) is 5.86. The second kappa shape index (κ2) is 7.41. The highest BCUT2D eigenvalue weighted by atomic mass is 32.1. The van der Waals surface area contributed by atoms with Crippen LogP contribution in [0.4, 0.5) is 0 Å². The van der Waals surface area contributed by atoms with Gasteiger partial charge >= 0.3 is 0 Å². The predicted octanol–water partition coefficient (Wildman–Crippen LogP) is 3.25. The summed E-state index contributed by atoms with van der Waals surface area (Å²) in [5.41, 5.74) is 0. The van der Waals surface area contributed by atoms with E-state index in [1.807, 2.05) is 11.3 Å². The lowest BCUT2D eigenvalue weighted by molar-refractivity contribution is 0.145. The third-order valence-corrected chi connectivity index (χ3v) is 4.84. The molecule has 1 fully saturated rings. The van der Waals surface area contributed by atoms with E-state index >= 15 is 0 Å². The highest BCUT2D eigenvalue weighted by Crippen LogP contribution is 2.23. The van der Waals surface area contributed by atoms with Crippen molar-refractivity contribution in [1.82, 2.24) is 10.2 Å². The molecule has 108 valence electrons.